The van der Waals surface area contributed by atoms with Crippen molar-refractivity contribution < 1.29 is 13.2 Å². The van der Waals surface area contributed by atoms with E-state index < -0.39 is 17.4 Å². The van der Waals surface area contributed by atoms with Crippen molar-refractivity contribution in [2.24, 2.45) is 5.18 Å². The third-order valence-corrected chi connectivity index (χ3v) is 3.37. The third-order valence-electron chi connectivity index (χ3n) is 1.62. The van der Waals surface area contributed by atoms with Gasteiger partial charge in [-0.1, -0.05) is 0 Å². The third kappa shape index (κ3) is 2.41. The second-order valence-electron chi connectivity index (χ2n) is 2.57. The van der Waals surface area contributed by atoms with E-state index in [4.69, 9.17) is 5.73 Å². The first kappa shape index (κ1) is 12.7. The number of hydrogen-bond acceptors (Lipinski definition) is 3. The lowest BCUT2D eigenvalue weighted by Gasteiger charge is -2.12. The fourth-order valence-corrected chi connectivity index (χ4v) is 2.19. The molecule has 1 aromatic rings. The van der Waals surface area contributed by atoms with Crippen molar-refractivity contribution >= 4 is 49.9 Å². The van der Waals surface area contributed by atoms with Gasteiger partial charge in [0.25, 0.3) is 0 Å². The summed E-state index contributed by atoms with van der Waals surface area (Å²) in [5.41, 5.74) is 3.98. The number of nitrogens with two attached hydrogens (primary N) is 1. The van der Waals surface area contributed by atoms with E-state index >= 15 is 0 Å². The van der Waals surface area contributed by atoms with Gasteiger partial charge in [0, 0.05) is 4.47 Å². The van der Waals surface area contributed by atoms with Gasteiger partial charge in [0.05, 0.1) is 14.8 Å². The molecule has 0 aliphatic carbocycles. The molecular weight excluding hydrogens is 392 g/mol. The summed E-state index contributed by atoms with van der Waals surface area (Å²) >= 11 is 4.23. The zero-order valence-electron chi connectivity index (χ0n) is 6.90. The van der Waals surface area contributed by atoms with Gasteiger partial charge in [0.15, 0.2) is 0 Å². The lowest BCUT2D eigenvalue weighted by atomic mass is 10.1. The molecule has 3 nitrogen and oxygen atoms in total. The molecule has 0 aliphatic rings. The molecule has 2 N–H and O–H groups in total. The molecule has 0 unspecified atom stereocenters. The molecule has 1 aromatic carbocycles. The molecule has 15 heavy (non-hydrogen) atoms. The molecule has 0 spiro atoms. The van der Waals surface area contributed by atoms with Gasteiger partial charge in [-0.3, -0.25) is 0 Å². The molecule has 0 fully saturated rings. The van der Waals surface area contributed by atoms with Crippen LogP contribution in [-0.4, -0.2) is 0 Å². The standard InChI is InChI=1S/C7H3BrF3IN2O/c8-3-1-2(7(9,10)11)4(12)6(14-15)5(3)13/h1H,13H2. The number of nitroso groups, excluding NO2 is 1. The van der Waals surface area contributed by atoms with E-state index in [-0.39, 0.29) is 13.7 Å². The molecule has 0 heterocycles. The molecule has 0 aliphatic heterocycles. The van der Waals surface area contributed by atoms with Gasteiger partial charge in [-0.25, -0.2) is 0 Å². The summed E-state index contributed by atoms with van der Waals surface area (Å²) in [5, 5.41) is 2.49. The highest BCUT2D eigenvalue weighted by atomic mass is 127. The molecule has 0 saturated heterocycles. The van der Waals surface area contributed by atoms with Crippen LogP contribution in [0.5, 0.6) is 0 Å². The predicted octanol–water partition coefficient (Wildman–Crippen LogP) is 4.05. The van der Waals surface area contributed by atoms with Crippen LogP contribution in [0.2, 0.25) is 0 Å². The molecule has 0 saturated carbocycles. The van der Waals surface area contributed by atoms with Crippen LogP contribution in [-0.2, 0) is 6.18 Å². The lowest BCUT2D eigenvalue weighted by molar-refractivity contribution is -0.138. The number of nitrogen functional groups attached to an aromatic ring is 1. The first-order valence-electron chi connectivity index (χ1n) is 3.47. The monoisotopic (exact) mass is 394 g/mol. The van der Waals surface area contributed by atoms with Crippen molar-refractivity contribution in [3.05, 3.63) is 24.6 Å². The number of alkyl halides is 3. The fourth-order valence-electron chi connectivity index (χ4n) is 0.922. The van der Waals surface area contributed by atoms with Crippen LogP contribution < -0.4 is 5.73 Å². The summed E-state index contributed by atoms with van der Waals surface area (Å²) in [5.74, 6) is 0. The Morgan fingerprint density at radius 3 is 2.40 bits per heavy atom. The van der Waals surface area contributed by atoms with Crippen LogP contribution in [0, 0.1) is 8.48 Å². The van der Waals surface area contributed by atoms with Gasteiger partial charge in [-0.05, 0) is 49.8 Å². The molecule has 0 amide bonds. The minimum Gasteiger partial charge on any atom is -0.396 e. The van der Waals surface area contributed by atoms with Crippen LogP contribution in [0.4, 0.5) is 24.5 Å². The Morgan fingerprint density at radius 1 is 1.47 bits per heavy atom. The number of rotatable bonds is 1. The topological polar surface area (TPSA) is 55.4 Å². The summed E-state index contributed by atoms with van der Waals surface area (Å²) in [6, 6.07) is 0.825. The smallest absolute Gasteiger partial charge is 0.396 e. The van der Waals surface area contributed by atoms with Crippen LogP contribution in [0.1, 0.15) is 5.56 Å². The Morgan fingerprint density at radius 2 is 2.00 bits per heavy atom. The maximum Gasteiger partial charge on any atom is 0.417 e. The highest BCUT2D eigenvalue weighted by Gasteiger charge is 2.35. The zero-order valence-corrected chi connectivity index (χ0v) is 10.6. The summed E-state index contributed by atoms with van der Waals surface area (Å²) in [7, 11) is 0. The molecule has 0 radical (unpaired) electrons. The van der Waals surface area contributed by atoms with Gasteiger partial charge in [-0.15, -0.1) is 4.91 Å². The van der Waals surface area contributed by atoms with Crippen LogP contribution in [0.3, 0.4) is 0 Å². The quantitative estimate of drug-likeness (QED) is 0.443. The summed E-state index contributed by atoms with van der Waals surface area (Å²) in [6.07, 6.45) is -4.54. The highest BCUT2D eigenvalue weighted by molar-refractivity contribution is 14.1. The molecule has 8 heteroatoms. The van der Waals surface area contributed by atoms with Crippen molar-refractivity contribution in [3.8, 4) is 0 Å². The maximum absolute atomic E-state index is 12.5. The van der Waals surface area contributed by atoms with E-state index in [0.29, 0.717) is 0 Å². The van der Waals surface area contributed by atoms with Crippen molar-refractivity contribution in [1.82, 2.24) is 0 Å². The number of anilines is 1. The normalized spacial score (nSPS) is 11.5. The number of nitrogens with zero attached hydrogens (tertiary/aromatic N) is 1. The number of benzene rings is 1. The van der Waals surface area contributed by atoms with Crippen LogP contribution >= 0.6 is 38.5 Å². The predicted molar refractivity (Wildman–Crippen MR) is 61.7 cm³/mol. The molecular formula is C7H3BrF3IN2O. The number of halogens is 5. The summed E-state index contributed by atoms with van der Waals surface area (Å²) < 4.78 is 37.1. The minimum absolute atomic E-state index is 0.00448. The van der Waals surface area contributed by atoms with Crippen molar-refractivity contribution in [2.75, 3.05) is 5.73 Å². The zero-order chi connectivity index (χ0) is 11.8. The number of hydrogen-bond donors (Lipinski definition) is 1. The Kier molecular flexibility index (Phi) is 3.59. The van der Waals surface area contributed by atoms with Gasteiger partial charge in [0.1, 0.15) is 5.69 Å². The highest BCUT2D eigenvalue weighted by Crippen LogP contribution is 2.43. The minimum atomic E-state index is -4.54. The van der Waals surface area contributed by atoms with E-state index in [1.807, 2.05) is 0 Å². The second-order valence-corrected chi connectivity index (χ2v) is 4.50. The molecule has 0 atom stereocenters. The Hall–Kier alpha value is -0.380. The second kappa shape index (κ2) is 4.24. The molecule has 0 aromatic heterocycles. The average Bonchev–Trinajstić information content (AvgIpc) is 2.10. The average molecular weight is 395 g/mol. The first-order valence-corrected chi connectivity index (χ1v) is 5.34. The molecule has 1 rings (SSSR count). The summed E-state index contributed by atoms with van der Waals surface area (Å²) in [4.78, 5) is 10.4. The molecule has 0 bridgehead atoms. The largest absolute Gasteiger partial charge is 0.417 e. The van der Waals surface area contributed by atoms with E-state index in [2.05, 4.69) is 21.1 Å². The Bertz CT molecular complexity index is 422. The Balaban J connectivity index is 3.58. The fraction of sp³-hybridized carbons (Fsp3) is 0.143. The van der Waals surface area contributed by atoms with Crippen molar-refractivity contribution in [1.29, 1.82) is 0 Å². The van der Waals surface area contributed by atoms with Gasteiger partial charge < -0.3 is 5.73 Å². The van der Waals surface area contributed by atoms with E-state index in [0.717, 1.165) is 6.07 Å². The van der Waals surface area contributed by atoms with Crippen LogP contribution in [0.15, 0.2) is 15.7 Å². The van der Waals surface area contributed by atoms with Gasteiger partial charge in [-0.2, -0.15) is 13.2 Å². The van der Waals surface area contributed by atoms with Crippen molar-refractivity contribution in [2.45, 2.75) is 6.18 Å². The molecule has 82 valence electrons. The van der Waals surface area contributed by atoms with Crippen LogP contribution in [0.25, 0.3) is 0 Å². The van der Waals surface area contributed by atoms with Gasteiger partial charge in [0.2, 0.25) is 0 Å². The van der Waals surface area contributed by atoms with Gasteiger partial charge >= 0.3 is 6.18 Å². The van der Waals surface area contributed by atoms with E-state index in [9.17, 15) is 18.1 Å². The lowest BCUT2D eigenvalue weighted by Crippen LogP contribution is -2.08. The first-order chi connectivity index (χ1) is 6.79. The maximum atomic E-state index is 12.5. The Labute approximate surface area is 104 Å². The van der Waals surface area contributed by atoms with E-state index in [1.54, 1.807) is 0 Å². The summed E-state index contributed by atoms with van der Waals surface area (Å²) in [6.45, 7) is 0. The van der Waals surface area contributed by atoms with Crippen molar-refractivity contribution in [3.63, 3.8) is 0 Å². The SMILES string of the molecule is Nc1c(Br)cc(C(F)(F)F)c(I)c1N=O. The van der Waals surface area contributed by atoms with E-state index in [1.165, 1.54) is 22.6 Å².